The van der Waals surface area contributed by atoms with Crippen molar-refractivity contribution in [1.29, 1.82) is 0 Å². The van der Waals surface area contributed by atoms with Gasteiger partial charge in [-0.3, -0.25) is 38.9 Å². The summed E-state index contributed by atoms with van der Waals surface area (Å²) in [6, 6.07) is 15.9. The Morgan fingerprint density at radius 1 is 0.948 bits per heavy atom. The summed E-state index contributed by atoms with van der Waals surface area (Å²) in [4.78, 5) is 72.7. The zero-order chi connectivity index (χ0) is 41.1. The number of anilines is 2. The molecule has 4 heterocycles. The number of carbonyl (C=O) groups excluding carboxylic acids is 4. The van der Waals surface area contributed by atoms with E-state index in [1.165, 1.54) is 59.4 Å². The summed E-state index contributed by atoms with van der Waals surface area (Å²) < 4.78 is 13.6. The molecule has 58 heavy (non-hydrogen) atoms. The lowest BCUT2D eigenvalue weighted by molar-refractivity contribution is -0.384. The number of hydrogen-bond acceptors (Lipinski definition) is 11. The number of imide groups is 2. The van der Waals surface area contributed by atoms with Gasteiger partial charge in [0, 0.05) is 40.9 Å². The van der Waals surface area contributed by atoms with Gasteiger partial charge in [-0.15, -0.1) is 11.3 Å². The highest BCUT2D eigenvalue weighted by atomic mass is 35.5. The van der Waals surface area contributed by atoms with Gasteiger partial charge in [-0.25, -0.2) is 4.90 Å². The lowest BCUT2D eigenvalue weighted by Gasteiger charge is -2.49. The highest BCUT2D eigenvalue weighted by molar-refractivity contribution is 7.22. The van der Waals surface area contributed by atoms with Crippen LogP contribution < -0.4 is 19.3 Å². The van der Waals surface area contributed by atoms with Crippen molar-refractivity contribution in [2.75, 3.05) is 24.0 Å². The van der Waals surface area contributed by atoms with Crippen LogP contribution in [-0.2, 0) is 26.2 Å². The molecule has 2 aliphatic heterocycles. The van der Waals surface area contributed by atoms with Crippen molar-refractivity contribution in [2.45, 2.75) is 32.6 Å². The monoisotopic (exact) mass is 821 g/mol. The second-order valence-corrected chi connectivity index (χ2v) is 16.9. The number of phenols is 1. The molecule has 3 fully saturated rings. The van der Waals surface area contributed by atoms with Crippen molar-refractivity contribution in [1.82, 2.24) is 9.78 Å². The Morgan fingerprint density at radius 3 is 2.29 bits per heavy atom. The summed E-state index contributed by atoms with van der Waals surface area (Å²) in [5.74, 6) is -5.66. The smallest absolute Gasteiger partial charge is 0.269 e. The number of nitro benzene ring substituents is 1. The first kappa shape index (κ1) is 37.5. The largest absolute Gasteiger partial charge is 0.502 e. The molecule has 2 saturated heterocycles. The maximum Gasteiger partial charge on any atom is 0.269 e. The lowest BCUT2D eigenvalue weighted by Crippen LogP contribution is -2.49. The number of aromatic hydroxyl groups is 1. The lowest BCUT2D eigenvalue weighted by atomic mass is 9.51. The van der Waals surface area contributed by atoms with Gasteiger partial charge in [0.15, 0.2) is 11.5 Å². The van der Waals surface area contributed by atoms with Crippen LogP contribution in [0.4, 0.5) is 17.2 Å². The maximum atomic E-state index is 15.2. The van der Waals surface area contributed by atoms with Gasteiger partial charge in [0.25, 0.3) is 5.69 Å². The van der Waals surface area contributed by atoms with E-state index in [2.05, 4.69) is 0 Å². The van der Waals surface area contributed by atoms with Gasteiger partial charge in [-0.05, 0) is 91.6 Å². The number of ether oxygens (including phenoxy) is 2. The molecule has 4 amide bonds. The average Bonchev–Trinajstić information content (AvgIpc) is 3.88. The standard InChI is InChI=1S/C42H36ClN5O9S/c1-19-26-16-21(43)6-13-32(26)58-37(19)29-18-33(45(3)44-29)47-39(51)28-17-27-24(35(42(28,2)41(47)53)20-14-30(56-4)36(49)31(15-20)57-5)11-12-25-34(27)40(52)46(38(25)50)22-7-9-23(10-8-22)48(54)55/h6-11,13-16,18,25,27-28,34-35,49H,12,17H2,1-5H3. The summed E-state index contributed by atoms with van der Waals surface area (Å²) in [6.45, 7) is 3.74. The number of halogens is 1. The van der Waals surface area contributed by atoms with Crippen LogP contribution in [0, 0.1) is 46.1 Å². The molecule has 0 spiro atoms. The number of fused-ring (bicyclic) bond motifs is 5. The molecule has 0 bridgehead atoms. The maximum absolute atomic E-state index is 15.2. The van der Waals surface area contributed by atoms with E-state index in [0.717, 1.165) is 31.0 Å². The van der Waals surface area contributed by atoms with Gasteiger partial charge >= 0.3 is 0 Å². The number of methoxy groups -OCH3 is 2. The third-order valence-corrected chi connectivity index (χ3v) is 14.2. The molecule has 0 radical (unpaired) electrons. The fourth-order valence-electron chi connectivity index (χ4n) is 9.89. The second kappa shape index (κ2) is 13.2. The highest BCUT2D eigenvalue weighted by Gasteiger charge is 2.68. The number of nitrogens with zero attached hydrogens (tertiary/aromatic N) is 5. The zero-order valence-corrected chi connectivity index (χ0v) is 33.5. The molecule has 2 aromatic heterocycles. The van der Waals surface area contributed by atoms with Gasteiger partial charge in [0.05, 0.1) is 52.9 Å². The number of amides is 4. The fourth-order valence-corrected chi connectivity index (χ4v) is 11.2. The van der Waals surface area contributed by atoms with Gasteiger partial charge in [-0.2, -0.15) is 5.10 Å². The van der Waals surface area contributed by atoms with Crippen molar-refractivity contribution in [3.8, 4) is 27.8 Å². The third kappa shape index (κ3) is 5.18. The summed E-state index contributed by atoms with van der Waals surface area (Å²) in [5.41, 5.74) is 1.41. The van der Waals surface area contributed by atoms with Crippen LogP contribution in [0.25, 0.3) is 20.7 Å². The van der Waals surface area contributed by atoms with Gasteiger partial charge in [0.1, 0.15) is 11.5 Å². The van der Waals surface area contributed by atoms with E-state index >= 15 is 4.79 Å². The Balaban J connectivity index is 1.17. The van der Waals surface area contributed by atoms with Crippen LogP contribution in [0.2, 0.25) is 5.02 Å². The molecule has 3 aromatic carbocycles. The van der Waals surface area contributed by atoms with Crippen molar-refractivity contribution in [2.24, 2.45) is 36.1 Å². The number of carbonyl (C=O) groups is 4. The summed E-state index contributed by atoms with van der Waals surface area (Å²) >= 11 is 7.85. The molecule has 2 aliphatic carbocycles. The molecule has 296 valence electrons. The van der Waals surface area contributed by atoms with Gasteiger partial charge < -0.3 is 14.6 Å². The zero-order valence-electron chi connectivity index (χ0n) is 31.9. The minimum atomic E-state index is -1.41. The van der Waals surface area contributed by atoms with Gasteiger partial charge in [0.2, 0.25) is 29.4 Å². The predicted molar refractivity (Wildman–Crippen MR) is 215 cm³/mol. The Labute approximate surface area is 340 Å². The van der Waals surface area contributed by atoms with Crippen LogP contribution in [0.5, 0.6) is 17.2 Å². The van der Waals surface area contributed by atoms with Crippen LogP contribution in [-0.4, -0.2) is 57.7 Å². The number of benzene rings is 3. The molecular formula is C42H36ClN5O9S. The molecule has 6 unspecified atom stereocenters. The van der Waals surface area contributed by atoms with E-state index in [4.69, 9.17) is 26.2 Å². The van der Waals surface area contributed by atoms with E-state index in [1.807, 2.05) is 31.2 Å². The van der Waals surface area contributed by atoms with E-state index < -0.39 is 63.6 Å². The topological polar surface area (TPSA) is 174 Å². The third-order valence-electron chi connectivity index (χ3n) is 12.6. The Bertz CT molecular complexity index is 2660. The summed E-state index contributed by atoms with van der Waals surface area (Å²) in [5, 5.41) is 28.6. The number of rotatable bonds is 7. The number of phenolic OH excluding ortho intramolecular Hbond substituents is 1. The minimum Gasteiger partial charge on any atom is -0.502 e. The number of non-ortho nitro benzene ring substituents is 1. The summed E-state index contributed by atoms with van der Waals surface area (Å²) in [7, 11) is 4.47. The van der Waals surface area contributed by atoms with Crippen molar-refractivity contribution in [3.05, 3.63) is 98.6 Å². The average molecular weight is 822 g/mol. The van der Waals surface area contributed by atoms with Gasteiger partial charge in [-0.1, -0.05) is 23.3 Å². The molecule has 16 heteroatoms. The quantitative estimate of drug-likeness (QED) is 0.0758. The Hall–Kier alpha value is -6.06. The number of allylic oxidation sites excluding steroid dienone is 2. The first-order valence-electron chi connectivity index (χ1n) is 18.6. The second-order valence-electron chi connectivity index (χ2n) is 15.4. The molecule has 1 N–H and O–H groups in total. The molecule has 5 aromatic rings. The first-order chi connectivity index (χ1) is 27.7. The van der Waals surface area contributed by atoms with Crippen LogP contribution in [0.15, 0.2) is 72.3 Å². The van der Waals surface area contributed by atoms with E-state index in [-0.39, 0.29) is 47.3 Å². The summed E-state index contributed by atoms with van der Waals surface area (Å²) in [6.07, 6.45) is 2.19. The number of nitro groups is 1. The Kier molecular flexibility index (Phi) is 8.57. The number of thiophene rings is 1. The normalized spacial score (nSPS) is 25.2. The first-order valence-corrected chi connectivity index (χ1v) is 19.8. The molecule has 14 nitrogen and oxygen atoms in total. The fraction of sp³-hybridized carbons (Fsp3) is 0.310. The molecule has 1 saturated carbocycles. The predicted octanol–water partition coefficient (Wildman–Crippen LogP) is 7.33. The molecular weight excluding hydrogens is 786 g/mol. The van der Waals surface area contributed by atoms with Crippen molar-refractivity contribution >= 4 is 73.8 Å². The van der Waals surface area contributed by atoms with Crippen LogP contribution in [0.3, 0.4) is 0 Å². The van der Waals surface area contributed by atoms with Crippen LogP contribution in [0.1, 0.15) is 36.8 Å². The van der Waals surface area contributed by atoms with E-state index in [9.17, 15) is 29.6 Å². The van der Waals surface area contributed by atoms with Crippen LogP contribution >= 0.6 is 22.9 Å². The SMILES string of the molecule is COc1cc(C2C3=CCC4C(=O)N(c5ccc([N+](=O)[O-])cc5)C(=O)C4C3CC3C(=O)N(c4cc(-c5sc6ccc(Cl)cc6c5C)nn4C)C(=O)C32C)cc(OC)c1O. The van der Waals surface area contributed by atoms with E-state index in [1.54, 1.807) is 32.2 Å². The molecule has 9 rings (SSSR count). The molecule has 4 aliphatic rings. The Morgan fingerprint density at radius 2 is 1.64 bits per heavy atom. The van der Waals surface area contributed by atoms with E-state index in [0.29, 0.717) is 16.3 Å². The number of aryl methyl sites for hydroxylation is 2. The molecule has 6 atom stereocenters. The number of hydrogen-bond donors (Lipinski definition) is 1. The van der Waals surface area contributed by atoms with Crippen molar-refractivity contribution in [3.63, 3.8) is 0 Å². The minimum absolute atomic E-state index is 0.0901. The number of aromatic nitrogens is 2. The van der Waals surface area contributed by atoms with Crippen molar-refractivity contribution < 1.29 is 38.7 Å². The highest BCUT2D eigenvalue weighted by Crippen LogP contribution is 2.64.